The first-order valence-corrected chi connectivity index (χ1v) is 7.30. The highest BCUT2D eigenvalue weighted by molar-refractivity contribution is 6.30. The van der Waals surface area contributed by atoms with Crippen molar-refractivity contribution >= 4 is 23.4 Å². The largest absolute Gasteiger partial charge is 0.506 e. The van der Waals surface area contributed by atoms with Crippen LogP contribution in [0, 0.1) is 0 Å². The molecular weight excluding hydrogens is 304 g/mol. The van der Waals surface area contributed by atoms with E-state index in [9.17, 15) is 9.90 Å². The average molecular weight is 316 g/mol. The molecule has 1 aliphatic rings. The number of hydrogen-bond acceptors (Lipinski definition) is 5. The first kappa shape index (κ1) is 14.1. The molecule has 0 bridgehead atoms. The Balaban J connectivity index is 1.60. The fourth-order valence-electron chi connectivity index (χ4n) is 2.58. The molecule has 2 aromatic carbocycles. The number of allylic oxidation sites excluding steroid dienone is 1. The molecule has 4 rings (SSSR count). The van der Waals surface area contributed by atoms with Crippen LogP contribution >= 0.6 is 0 Å². The van der Waals surface area contributed by atoms with Gasteiger partial charge >= 0.3 is 0 Å². The van der Waals surface area contributed by atoms with Crippen molar-refractivity contribution in [2.45, 2.75) is 0 Å². The van der Waals surface area contributed by atoms with Crippen LogP contribution < -0.4 is 0 Å². The number of aliphatic hydroxyl groups is 1. The van der Waals surface area contributed by atoms with Crippen molar-refractivity contribution in [3.8, 4) is 5.69 Å². The van der Waals surface area contributed by atoms with Gasteiger partial charge in [-0.1, -0.05) is 24.3 Å². The number of carbonyl (C=O) groups is 1. The predicted octanol–water partition coefficient (Wildman–Crippen LogP) is 3.14. The first-order valence-electron chi connectivity index (χ1n) is 7.30. The molecular formula is C18H12N4O2. The topological polar surface area (TPSA) is 80.4 Å². The molecule has 0 amide bonds. The van der Waals surface area contributed by atoms with Crippen LogP contribution in [-0.4, -0.2) is 31.9 Å². The Labute approximate surface area is 137 Å². The van der Waals surface area contributed by atoms with E-state index in [4.69, 9.17) is 0 Å². The molecule has 116 valence electrons. The maximum Gasteiger partial charge on any atom is 0.199 e. The van der Waals surface area contributed by atoms with Gasteiger partial charge in [0.1, 0.15) is 18.4 Å². The summed E-state index contributed by atoms with van der Waals surface area (Å²) in [6, 6.07) is 14.3. The number of aliphatic hydroxyl groups excluding tert-OH is 1. The zero-order chi connectivity index (χ0) is 16.5. The van der Waals surface area contributed by atoms with Crippen molar-refractivity contribution in [3.63, 3.8) is 0 Å². The van der Waals surface area contributed by atoms with Crippen LogP contribution in [0.2, 0.25) is 0 Å². The van der Waals surface area contributed by atoms with Gasteiger partial charge in [0.25, 0.3) is 0 Å². The van der Waals surface area contributed by atoms with E-state index in [1.54, 1.807) is 47.4 Å². The summed E-state index contributed by atoms with van der Waals surface area (Å²) in [5.41, 5.74) is 2.78. The van der Waals surface area contributed by atoms with Gasteiger partial charge in [0, 0.05) is 17.3 Å². The Morgan fingerprint density at radius 1 is 1.04 bits per heavy atom. The van der Waals surface area contributed by atoms with Gasteiger partial charge in [-0.25, -0.2) is 9.67 Å². The lowest BCUT2D eigenvalue weighted by atomic mass is 10.1. The van der Waals surface area contributed by atoms with E-state index < -0.39 is 0 Å². The number of carbonyl (C=O) groups excluding carboxylic acids is 1. The van der Waals surface area contributed by atoms with Gasteiger partial charge in [-0.3, -0.25) is 9.79 Å². The first-order chi connectivity index (χ1) is 11.7. The van der Waals surface area contributed by atoms with Crippen LogP contribution in [0.25, 0.3) is 11.4 Å². The van der Waals surface area contributed by atoms with Crippen molar-refractivity contribution in [3.05, 3.63) is 77.9 Å². The number of fused-ring (bicyclic) bond motifs is 1. The molecule has 0 unspecified atom stereocenters. The molecule has 0 spiro atoms. The Hall–Kier alpha value is -3.54. The predicted molar refractivity (Wildman–Crippen MR) is 89.8 cm³/mol. The second kappa shape index (κ2) is 5.58. The van der Waals surface area contributed by atoms with Gasteiger partial charge in [0.2, 0.25) is 0 Å². The highest BCUT2D eigenvalue weighted by atomic mass is 16.3. The molecule has 1 aromatic heterocycles. The van der Waals surface area contributed by atoms with Gasteiger partial charge in [0.15, 0.2) is 5.78 Å². The second-order valence-electron chi connectivity index (χ2n) is 5.25. The number of nitrogens with zero attached hydrogens (tertiary/aromatic N) is 4. The number of rotatable bonds is 3. The molecule has 24 heavy (non-hydrogen) atoms. The van der Waals surface area contributed by atoms with E-state index in [0.717, 1.165) is 5.69 Å². The molecule has 0 atom stereocenters. The van der Waals surface area contributed by atoms with Crippen molar-refractivity contribution in [2.24, 2.45) is 4.99 Å². The minimum atomic E-state index is -0.217. The zero-order valence-corrected chi connectivity index (χ0v) is 12.5. The van der Waals surface area contributed by atoms with Gasteiger partial charge in [0.05, 0.1) is 16.9 Å². The third-order valence-electron chi connectivity index (χ3n) is 3.80. The normalized spacial score (nSPS) is 13.8. The quantitative estimate of drug-likeness (QED) is 0.753. The van der Waals surface area contributed by atoms with Crippen LogP contribution in [-0.2, 0) is 0 Å². The van der Waals surface area contributed by atoms with E-state index in [0.29, 0.717) is 16.8 Å². The fraction of sp³-hybridized carbons (Fsp3) is 0. The average Bonchev–Trinajstić information content (AvgIpc) is 3.23. The van der Waals surface area contributed by atoms with Gasteiger partial charge in [-0.2, -0.15) is 5.10 Å². The Bertz CT molecular complexity index is 971. The third kappa shape index (κ3) is 2.30. The van der Waals surface area contributed by atoms with Crippen LogP contribution in [0.5, 0.6) is 0 Å². The van der Waals surface area contributed by atoms with E-state index in [1.807, 2.05) is 12.1 Å². The molecule has 6 heteroatoms. The van der Waals surface area contributed by atoms with Crippen LogP contribution in [0.3, 0.4) is 0 Å². The molecule has 0 radical (unpaired) electrons. The molecule has 0 fully saturated rings. The molecule has 1 N–H and O–H groups in total. The minimum Gasteiger partial charge on any atom is -0.506 e. The number of benzene rings is 2. The van der Waals surface area contributed by atoms with E-state index in [2.05, 4.69) is 15.1 Å². The molecule has 0 aliphatic heterocycles. The minimum absolute atomic E-state index is 0.0291. The summed E-state index contributed by atoms with van der Waals surface area (Å²) in [5, 5.41) is 14.3. The maximum absolute atomic E-state index is 12.3. The van der Waals surface area contributed by atoms with Gasteiger partial charge in [-0.15, -0.1) is 0 Å². The Morgan fingerprint density at radius 3 is 2.46 bits per heavy atom. The van der Waals surface area contributed by atoms with Crippen LogP contribution in [0.1, 0.15) is 15.9 Å². The van der Waals surface area contributed by atoms with Crippen molar-refractivity contribution in [1.29, 1.82) is 0 Å². The van der Waals surface area contributed by atoms with E-state index in [1.165, 1.54) is 12.5 Å². The van der Waals surface area contributed by atoms with Crippen LogP contribution in [0.15, 0.2) is 71.8 Å². The molecule has 3 aromatic rings. The SMILES string of the molecule is O=C1C(C=Nc2ccc(-n3cncn3)cc2)=C(O)c2ccccc21. The lowest BCUT2D eigenvalue weighted by Gasteiger charge is -2.00. The lowest BCUT2D eigenvalue weighted by Crippen LogP contribution is -1.99. The highest BCUT2D eigenvalue weighted by Crippen LogP contribution is 2.30. The smallest absolute Gasteiger partial charge is 0.199 e. The van der Waals surface area contributed by atoms with E-state index >= 15 is 0 Å². The monoisotopic (exact) mass is 316 g/mol. The number of ketones is 1. The lowest BCUT2D eigenvalue weighted by molar-refractivity contribution is 0.104. The molecule has 0 saturated carbocycles. The summed E-state index contributed by atoms with van der Waals surface area (Å²) in [7, 11) is 0. The maximum atomic E-state index is 12.3. The number of Topliss-reactive ketones (excluding diaryl/α,β-unsaturated/α-hetero) is 1. The van der Waals surface area contributed by atoms with Gasteiger partial charge in [-0.05, 0) is 24.3 Å². The zero-order valence-electron chi connectivity index (χ0n) is 12.5. The van der Waals surface area contributed by atoms with Crippen LogP contribution in [0.4, 0.5) is 5.69 Å². The summed E-state index contributed by atoms with van der Waals surface area (Å²) < 4.78 is 1.64. The molecule has 1 aliphatic carbocycles. The summed E-state index contributed by atoms with van der Waals surface area (Å²) >= 11 is 0. The highest BCUT2D eigenvalue weighted by Gasteiger charge is 2.27. The number of aliphatic imine (C=N–C) groups is 1. The molecule has 0 saturated heterocycles. The Kier molecular flexibility index (Phi) is 3.28. The fourth-order valence-corrected chi connectivity index (χ4v) is 2.58. The standard InChI is InChI=1S/C18H12N4O2/c23-17-14-3-1-2-4-15(14)18(24)16(17)9-20-12-5-7-13(8-6-12)22-11-19-10-21-22/h1-11,23H. The number of hydrogen-bond donors (Lipinski definition) is 1. The summed E-state index contributed by atoms with van der Waals surface area (Å²) in [6.07, 6.45) is 4.47. The number of aromatic nitrogens is 3. The summed E-state index contributed by atoms with van der Waals surface area (Å²) in [5.74, 6) is -0.246. The van der Waals surface area contributed by atoms with Crippen molar-refractivity contribution in [1.82, 2.24) is 14.8 Å². The van der Waals surface area contributed by atoms with E-state index in [-0.39, 0.29) is 17.1 Å². The van der Waals surface area contributed by atoms with Gasteiger partial charge < -0.3 is 5.11 Å². The molecule has 1 heterocycles. The summed E-state index contributed by atoms with van der Waals surface area (Å²) in [6.45, 7) is 0. The summed E-state index contributed by atoms with van der Waals surface area (Å²) in [4.78, 5) is 20.5. The molecule has 6 nitrogen and oxygen atoms in total. The van der Waals surface area contributed by atoms with Crippen molar-refractivity contribution < 1.29 is 9.90 Å². The Morgan fingerprint density at radius 2 is 1.79 bits per heavy atom. The second-order valence-corrected chi connectivity index (χ2v) is 5.25. The third-order valence-corrected chi connectivity index (χ3v) is 3.80. The van der Waals surface area contributed by atoms with Crippen molar-refractivity contribution in [2.75, 3.05) is 0 Å².